The first kappa shape index (κ1) is 18.2. The number of sulfonamides is 1. The first-order valence-electron chi connectivity index (χ1n) is 7.39. The lowest BCUT2D eigenvalue weighted by atomic mass is 10.2. The average Bonchev–Trinajstić information content (AvgIpc) is 3.14. The Bertz CT molecular complexity index is 1030. The largest absolute Gasteiger partial charge is 0.348 e. The van der Waals surface area contributed by atoms with E-state index >= 15 is 0 Å². The van der Waals surface area contributed by atoms with E-state index in [1.54, 1.807) is 11.0 Å². The highest BCUT2D eigenvalue weighted by Crippen LogP contribution is 2.20. The number of rotatable bonds is 5. The Balaban J connectivity index is 1.71. The molecular weight excluding hydrogens is 422 g/mol. The topological polar surface area (TPSA) is 120 Å². The van der Waals surface area contributed by atoms with Crippen molar-refractivity contribution in [3.05, 3.63) is 70.7 Å². The summed E-state index contributed by atoms with van der Waals surface area (Å²) < 4.78 is 25.0. The molecule has 0 saturated carbocycles. The summed E-state index contributed by atoms with van der Waals surface area (Å²) in [4.78, 5) is 16.1. The van der Waals surface area contributed by atoms with Crippen LogP contribution in [0.1, 0.15) is 15.9 Å². The van der Waals surface area contributed by atoms with Gasteiger partial charge in [0.25, 0.3) is 5.91 Å². The molecule has 0 aliphatic rings. The highest BCUT2D eigenvalue weighted by Gasteiger charge is 2.15. The molecule has 0 saturated heterocycles. The van der Waals surface area contributed by atoms with Gasteiger partial charge in [0.05, 0.1) is 16.1 Å². The van der Waals surface area contributed by atoms with Gasteiger partial charge in [-0.15, -0.1) is 0 Å². The number of benzene rings is 2. The van der Waals surface area contributed by atoms with Gasteiger partial charge in [0.15, 0.2) is 0 Å². The number of aromatic nitrogens is 3. The molecule has 3 aromatic rings. The van der Waals surface area contributed by atoms with Crippen molar-refractivity contribution in [2.75, 3.05) is 0 Å². The van der Waals surface area contributed by atoms with E-state index in [9.17, 15) is 13.2 Å². The van der Waals surface area contributed by atoms with Crippen molar-refractivity contribution in [1.29, 1.82) is 0 Å². The lowest BCUT2D eigenvalue weighted by Gasteiger charge is -2.09. The molecule has 0 unspecified atom stereocenters. The van der Waals surface area contributed by atoms with Gasteiger partial charge in [-0.05, 0) is 51.8 Å². The van der Waals surface area contributed by atoms with Gasteiger partial charge in [-0.2, -0.15) is 5.10 Å². The van der Waals surface area contributed by atoms with Crippen molar-refractivity contribution in [2.24, 2.45) is 5.14 Å². The van der Waals surface area contributed by atoms with Crippen LogP contribution in [-0.4, -0.2) is 29.1 Å². The Hall–Kier alpha value is -2.56. The maximum absolute atomic E-state index is 12.4. The monoisotopic (exact) mass is 435 g/mol. The molecule has 10 heteroatoms. The van der Waals surface area contributed by atoms with Crippen molar-refractivity contribution in [2.45, 2.75) is 11.4 Å². The molecule has 1 amide bonds. The van der Waals surface area contributed by atoms with Gasteiger partial charge in [-0.3, -0.25) is 4.79 Å². The van der Waals surface area contributed by atoms with Crippen LogP contribution in [0.3, 0.4) is 0 Å². The van der Waals surface area contributed by atoms with Crippen molar-refractivity contribution in [1.82, 2.24) is 20.1 Å². The fourth-order valence-corrected chi connectivity index (χ4v) is 3.21. The van der Waals surface area contributed by atoms with Crippen LogP contribution in [0.5, 0.6) is 0 Å². The van der Waals surface area contributed by atoms with Gasteiger partial charge in [0.2, 0.25) is 10.0 Å². The number of halogens is 1. The molecule has 1 aromatic heterocycles. The van der Waals surface area contributed by atoms with Crippen molar-refractivity contribution in [3.8, 4) is 5.69 Å². The third-order valence-corrected chi connectivity index (χ3v) is 5.19. The number of nitrogens with zero attached hydrogens (tertiary/aromatic N) is 3. The van der Waals surface area contributed by atoms with E-state index in [-0.39, 0.29) is 17.0 Å². The minimum atomic E-state index is -3.88. The van der Waals surface area contributed by atoms with Crippen molar-refractivity contribution in [3.63, 3.8) is 0 Å². The summed E-state index contributed by atoms with van der Waals surface area (Å²) in [6.45, 7) is 0.280. The number of hydrogen-bond acceptors (Lipinski definition) is 5. The van der Waals surface area contributed by atoms with Crippen molar-refractivity contribution < 1.29 is 13.2 Å². The fourth-order valence-electron chi connectivity index (χ4n) is 2.24. The number of primary sulfonamides is 1. The summed E-state index contributed by atoms with van der Waals surface area (Å²) in [5.74, 6) is -0.414. The quantitative estimate of drug-likeness (QED) is 0.630. The molecule has 0 spiro atoms. The summed E-state index contributed by atoms with van der Waals surface area (Å²) in [5.41, 5.74) is 1.91. The minimum absolute atomic E-state index is 0.122. The molecule has 2 aromatic carbocycles. The molecule has 8 nitrogen and oxygen atoms in total. The number of hydrogen-bond donors (Lipinski definition) is 2. The Morgan fingerprint density at radius 3 is 2.54 bits per heavy atom. The fraction of sp³-hybridized carbons (Fsp3) is 0.0625. The second kappa shape index (κ2) is 7.36. The van der Waals surface area contributed by atoms with Crippen molar-refractivity contribution >= 4 is 31.9 Å². The molecule has 1 heterocycles. The summed E-state index contributed by atoms with van der Waals surface area (Å²) in [6.07, 6.45) is 3.04. The smallest absolute Gasteiger partial charge is 0.252 e. The van der Waals surface area contributed by atoms with Gasteiger partial charge >= 0.3 is 0 Å². The number of carbonyl (C=O) groups excluding carboxylic acids is 1. The van der Waals surface area contributed by atoms with Crippen LogP contribution in [0.15, 0.2) is 64.5 Å². The molecule has 0 bridgehead atoms. The van der Waals surface area contributed by atoms with E-state index in [4.69, 9.17) is 5.14 Å². The Kier molecular flexibility index (Phi) is 5.16. The van der Waals surface area contributed by atoms with E-state index in [0.29, 0.717) is 4.47 Å². The summed E-state index contributed by atoms with van der Waals surface area (Å²) >= 11 is 3.24. The van der Waals surface area contributed by atoms with Crippen LogP contribution in [0.25, 0.3) is 5.69 Å². The third kappa shape index (κ3) is 4.15. The Morgan fingerprint density at radius 2 is 1.92 bits per heavy atom. The summed E-state index contributed by atoms with van der Waals surface area (Å²) in [6, 6.07) is 11.5. The van der Waals surface area contributed by atoms with E-state index < -0.39 is 15.9 Å². The number of carbonyl (C=O) groups is 1. The minimum Gasteiger partial charge on any atom is -0.348 e. The van der Waals surface area contributed by atoms with Crippen LogP contribution in [-0.2, 0) is 16.6 Å². The SMILES string of the molecule is NS(=O)(=O)c1ccc(Br)c(C(=O)NCc2ccc(-n3cncn3)cc2)c1. The average molecular weight is 436 g/mol. The summed E-state index contributed by atoms with van der Waals surface area (Å²) in [5, 5.41) is 11.9. The molecule has 3 N–H and O–H groups in total. The number of amides is 1. The van der Waals surface area contributed by atoms with Crippen LogP contribution >= 0.6 is 15.9 Å². The molecule has 0 fully saturated rings. The van der Waals surface area contributed by atoms with Gasteiger partial charge in [-0.25, -0.2) is 23.2 Å². The van der Waals surface area contributed by atoms with Crippen LogP contribution < -0.4 is 10.5 Å². The molecule has 134 valence electrons. The normalized spacial score (nSPS) is 11.3. The first-order valence-corrected chi connectivity index (χ1v) is 9.73. The predicted octanol–water partition coefficient (Wildman–Crippen LogP) is 1.61. The molecule has 3 rings (SSSR count). The van der Waals surface area contributed by atoms with Gasteiger partial charge in [0, 0.05) is 11.0 Å². The molecule has 0 aliphatic heterocycles. The van der Waals surface area contributed by atoms with Crippen LogP contribution in [0.2, 0.25) is 0 Å². The molecule has 0 aliphatic carbocycles. The summed E-state index contributed by atoms with van der Waals surface area (Å²) in [7, 11) is -3.88. The first-order chi connectivity index (χ1) is 12.3. The Labute approximate surface area is 158 Å². The number of nitrogens with two attached hydrogens (primary N) is 1. The van der Waals surface area contributed by atoms with E-state index in [1.807, 2.05) is 24.3 Å². The lowest BCUT2D eigenvalue weighted by Crippen LogP contribution is -2.24. The van der Waals surface area contributed by atoms with Gasteiger partial charge < -0.3 is 5.32 Å². The van der Waals surface area contributed by atoms with E-state index in [0.717, 1.165) is 11.3 Å². The molecule has 0 radical (unpaired) electrons. The molecule has 26 heavy (non-hydrogen) atoms. The maximum Gasteiger partial charge on any atom is 0.252 e. The second-order valence-electron chi connectivity index (χ2n) is 5.38. The maximum atomic E-state index is 12.4. The molecule has 0 atom stereocenters. The molecular formula is C16H14BrN5O3S. The van der Waals surface area contributed by atoms with Gasteiger partial charge in [-0.1, -0.05) is 12.1 Å². The zero-order valence-corrected chi connectivity index (χ0v) is 15.7. The zero-order valence-electron chi connectivity index (χ0n) is 13.3. The lowest BCUT2D eigenvalue weighted by molar-refractivity contribution is 0.0950. The second-order valence-corrected chi connectivity index (χ2v) is 7.79. The van der Waals surface area contributed by atoms with E-state index in [2.05, 4.69) is 31.3 Å². The van der Waals surface area contributed by atoms with Crippen LogP contribution in [0.4, 0.5) is 0 Å². The zero-order chi connectivity index (χ0) is 18.7. The van der Waals surface area contributed by atoms with Crippen LogP contribution in [0, 0.1) is 0 Å². The Morgan fingerprint density at radius 1 is 1.19 bits per heavy atom. The highest BCUT2D eigenvalue weighted by molar-refractivity contribution is 9.10. The highest BCUT2D eigenvalue weighted by atomic mass is 79.9. The third-order valence-electron chi connectivity index (χ3n) is 3.58. The predicted molar refractivity (Wildman–Crippen MR) is 98.0 cm³/mol. The standard InChI is InChI=1S/C16H14BrN5O3S/c17-15-6-5-13(26(18,24)25)7-14(15)16(23)20-8-11-1-3-12(4-2-11)22-10-19-9-21-22/h1-7,9-10H,8H2,(H,20,23)(H2,18,24,25). The number of nitrogens with one attached hydrogen (secondary N) is 1. The van der Waals surface area contributed by atoms with Gasteiger partial charge in [0.1, 0.15) is 12.7 Å². The van der Waals surface area contributed by atoms with E-state index in [1.165, 1.54) is 24.5 Å².